The molecule has 1 aromatic rings. The first-order valence-electron chi connectivity index (χ1n) is 8.55. The molecule has 0 bridgehead atoms. The van der Waals surface area contributed by atoms with Gasteiger partial charge in [0.15, 0.2) is 11.5 Å². The van der Waals surface area contributed by atoms with Crippen LogP contribution >= 0.6 is 0 Å². The highest BCUT2D eigenvalue weighted by Gasteiger charge is 2.30. The van der Waals surface area contributed by atoms with Gasteiger partial charge in [-0.2, -0.15) is 5.10 Å². The molecule has 1 aliphatic heterocycles. The minimum absolute atomic E-state index is 0.193. The number of benzene rings is 1. The molecule has 0 saturated heterocycles. The highest BCUT2D eigenvalue weighted by molar-refractivity contribution is 5.96. The lowest BCUT2D eigenvalue weighted by atomic mass is 9.70. The Morgan fingerprint density at radius 2 is 1.91 bits per heavy atom. The van der Waals surface area contributed by atoms with E-state index >= 15 is 0 Å². The van der Waals surface area contributed by atoms with Crippen molar-refractivity contribution in [2.24, 2.45) is 16.9 Å². The predicted molar refractivity (Wildman–Crippen MR) is 86.8 cm³/mol. The van der Waals surface area contributed by atoms with Gasteiger partial charge in [-0.25, -0.2) is 5.43 Å². The van der Waals surface area contributed by atoms with Crippen LogP contribution in [-0.2, 0) is 0 Å². The Kier molecular flexibility index (Phi) is 3.93. The van der Waals surface area contributed by atoms with Gasteiger partial charge in [0.25, 0.3) is 5.91 Å². The average Bonchev–Trinajstić information content (AvgIpc) is 3.07. The number of fused-ring (bicyclic) bond motifs is 2. The molecule has 4 rings (SSSR count). The fourth-order valence-corrected chi connectivity index (χ4v) is 4.02. The summed E-state index contributed by atoms with van der Waals surface area (Å²) in [6.45, 7) is 0.214. The molecule has 2 saturated carbocycles. The Bertz CT molecular complexity index is 641. The summed E-state index contributed by atoms with van der Waals surface area (Å²) in [7, 11) is 0. The van der Waals surface area contributed by atoms with E-state index in [2.05, 4.69) is 10.5 Å². The molecule has 5 nitrogen and oxygen atoms in total. The molecule has 1 N–H and O–H groups in total. The molecule has 0 radical (unpaired) electrons. The van der Waals surface area contributed by atoms with Gasteiger partial charge < -0.3 is 9.47 Å². The van der Waals surface area contributed by atoms with Crippen LogP contribution in [0.3, 0.4) is 0 Å². The molecule has 2 atom stereocenters. The maximum Gasteiger partial charge on any atom is 0.271 e. The molecule has 2 aliphatic carbocycles. The third-order valence-electron chi connectivity index (χ3n) is 5.32. The molecule has 122 valence electrons. The molecule has 0 aromatic heterocycles. The Morgan fingerprint density at radius 1 is 1.09 bits per heavy atom. The molecule has 1 amide bonds. The number of carbonyl (C=O) groups excluding carboxylic acids is 1. The van der Waals surface area contributed by atoms with Crippen LogP contribution in [-0.4, -0.2) is 18.4 Å². The van der Waals surface area contributed by atoms with Crippen LogP contribution in [0.2, 0.25) is 0 Å². The lowest BCUT2D eigenvalue weighted by Crippen LogP contribution is -2.29. The number of nitrogens with one attached hydrogen (secondary N) is 1. The summed E-state index contributed by atoms with van der Waals surface area (Å²) in [6.07, 6.45) is 8.71. The summed E-state index contributed by atoms with van der Waals surface area (Å²) in [4.78, 5) is 12.3. The van der Waals surface area contributed by atoms with Crippen molar-refractivity contribution in [2.45, 2.75) is 44.9 Å². The van der Waals surface area contributed by atoms with Gasteiger partial charge in [0.1, 0.15) is 0 Å². The predicted octanol–water partition coefficient (Wildman–Crippen LogP) is 3.49. The zero-order valence-electron chi connectivity index (χ0n) is 13.2. The van der Waals surface area contributed by atoms with Crippen LogP contribution < -0.4 is 14.9 Å². The van der Waals surface area contributed by atoms with Crippen LogP contribution in [0.4, 0.5) is 0 Å². The Balaban J connectivity index is 1.39. The molecular weight excluding hydrogens is 292 g/mol. The minimum Gasteiger partial charge on any atom is -0.454 e. The SMILES string of the molecule is O=C(N/N=C1\CC[C@@H]2CCCC[C@H]2C1)c1ccc2c(c1)OCO2. The van der Waals surface area contributed by atoms with Crippen LogP contribution in [0.5, 0.6) is 11.5 Å². The van der Waals surface area contributed by atoms with E-state index in [-0.39, 0.29) is 12.7 Å². The molecular formula is C18H22N2O3. The first kappa shape index (κ1) is 14.5. The maximum atomic E-state index is 12.3. The second kappa shape index (κ2) is 6.22. The smallest absolute Gasteiger partial charge is 0.271 e. The molecule has 2 fully saturated rings. The standard InChI is InChI=1S/C18H22N2O3/c21-18(14-6-8-16-17(10-14)23-11-22-16)20-19-15-7-5-12-3-1-2-4-13(12)9-15/h6,8,10,12-13H,1-5,7,9,11H2,(H,20,21)/b19-15+/t12-,13-/m0/s1. The van der Waals surface area contributed by atoms with Crippen LogP contribution in [0.1, 0.15) is 55.3 Å². The largest absolute Gasteiger partial charge is 0.454 e. The Hall–Kier alpha value is -2.04. The third-order valence-corrected chi connectivity index (χ3v) is 5.32. The number of amides is 1. The number of nitrogens with zero attached hydrogens (tertiary/aromatic N) is 1. The zero-order valence-corrected chi connectivity index (χ0v) is 13.2. The van der Waals surface area contributed by atoms with E-state index in [4.69, 9.17) is 9.47 Å². The molecule has 0 unspecified atom stereocenters. The van der Waals surface area contributed by atoms with Crippen LogP contribution in [0.15, 0.2) is 23.3 Å². The van der Waals surface area contributed by atoms with Crippen molar-refractivity contribution < 1.29 is 14.3 Å². The maximum absolute atomic E-state index is 12.3. The number of hydrogen-bond donors (Lipinski definition) is 1. The first-order valence-corrected chi connectivity index (χ1v) is 8.55. The van der Waals surface area contributed by atoms with Gasteiger partial charge in [0.2, 0.25) is 6.79 Å². The summed E-state index contributed by atoms with van der Waals surface area (Å²) in [5.41, 5.74) is 4.40. The van der Waals surface area contributed by atoms with Crippen molar-refractivity contribution in [3.8, 4) is 11.5 Å². The van der Waals surface area contributed by atoms with Crippen LogP contribution in [0, 0.1) is 11.8 Å². The summed E-state index contributed by atoms with van der Waals surface area (Å²) in [6, 6.07) is 5.20. The van der Waals surface area contributed by atoms with E-state index < -0.39 is 0 Å². The number of rotatable bonds is 2. The van der Waals surface area contributed by atoms with E-state index in [1.165, 1.54) is 32.1 Å². The lowest BCUT2D eigenvalue weighted by Gasteiger charge is -2.35. The highest BCUT2D eigenvalue weighted by atomic mass is 16.7. The van der Waals surface area contributed by atoms with Gasteiger partial charge in [-0.3, -0.25) is 4.79 Å². The van der Waals surface area contributed by atoms with Crippen molar-refractivity contribution in [3.05, 3.63) is 23.8 Å². The number of ether oxygens (including phenoxy) is 2. The van der Waals surface area contributed by atoms with Gasteiger partial charge in [-0.15, -0.1) is 0 Å². The molecule has 1 heterocycles. The average molecular weight is 314 g/mol. The molecule has 1 aromatic carbocycles. The topological polar surface area (TPSA) is 59.9 Å². The van der Waals surface area contributed by atoms with Crippen molar-refractivity contribution in [2.75, 3.05) is 6.79 Å². The second-order valence-electron chi connectivity index (χ2n) is 6.73. The van der Waals surface area contributed by atoms with E-state index in [1.807, 2.05) is 0 Å². The number of carbonyl (C=O) groups is 1. The fraction of sp³-hybridized carbons (Fsp3) is 0.556. The minimum atomic E-state index is -0.193. The quantitative estimate of drug-likeness (QED) is 0.850. The summed E-state index contributed by atoms with van der Waals surface area (Å²) in [5.74, 6) is 2.77. The highest BCUT2D eigenvalue weighted by Crippen LogP contribution is 2.39. The van der Waals surface area contributed by atoms with E-state index in [0.717, 1.165) is 30.4 Å². The van der Waals surface area contributed by atoms with Crippen molar-refractivity contribution in [1.82, 2.24) is 5.43 Å². The lowest BCUT2D eigenvalue weighted by molar-refractivity contribution is 0.0953. The van der Waals surface area contributed by atoms with Gasteiger partial charge >= 0.3 is 0 Å². The summed E-state index contributed by atoms with van der Waals surface area (Å²) < 4.78 is 10.6. The summed E-state index contributed by atoms with van der Waals surface area (Å²) >= 11 is 0. The zero-order chi connectivity index (χ0) is 15.6. The molecule has 3 aliphatic rings. The van der Waals surface area contributed by atoms with Gasteiger partial charge in [0.05, 0.1) is 0 Å². The van der Waals surface area contributed by atoms with Gasteiger partial charge in [0, 0.05) is 11.3 Å². The van der Waals surface area contributed by atoms with Gasteiger partial charge in [-0.05, 0) is 55.7 Å². The van der Waals surface area contributed by atoms with Crippen molar-refractivity contribution in [1.29, 1.82) is 0 Å². The number of hydrazone groups is 1. The van der Waals surface area contributed by atoms with Crippen molar-refractivity contribution >= 4 is 11.6 Å². The first-order chi connectivity index (χ1) is 11.3. The van der Waals surface area contributed by atoms with E-state index in [1.54, 1.807) is 18.2 Å². The Labute approximate surface area is 136 Å². The fourth-order valence-electron chi connectivity index (χ4n) is 4.02. The summed E-state index contributed by atoms with van der Waals surface area (Å²) in [5, 5.41) is 4.39. The normalized spacial score (nSPS) is 27.6. The molecule has 5 heteroatoms. The van der Waals surface area contributed by atoms with E-state index in [9.17, 15) is 4.79 Å². The monoisotopic (exact) mass is 314 g/mol. The third kappa shape index (κ3) is 3.05. The molecule has 0 spiro atoms. The molecule has 23 heavy (non-hydrogen) atoms. The van der Waals surface area contributed by atoms with Gasteiger partial charge in [-0.1, -0.05) is 19.3 Å². The Morgan fingerprint density at radius 3 is 2.83 bits per heavy atom. The van der Waals surface area contributed by atoms with E-state index in [0.29, 0.717) is 17.1 Å². The second-order valence-corrected chi connectivity index (χ2v) is 6.73. The van der Waals surface area contributed by atoms with Crippen LogP contribution in [0.25, 0.3) is 0 Å². The number of hydrogen-bond acceptors (Lipinski definition) is 4. The van der Waals surface area contributed by atoms with Crippen molar-refractivity contribution in [3.63, 3.8) is 0 Å².